The van der Waals surface area contributed by atoms with E-state index >= 15 is 0 Å². The van der Waals surface area contributed by atoms with Crippen molar-refractivity contribution in [1.29, 1.82) is 0 Å². The number of carbonyl (C=O) groups excluding carboxylic acids is 1. The molecule has 1 fully saturated rings. The molecule has 3 rings (SSSR count). The number of nitrogens with one attached hydrogen (secondary N) is 2. The first kappa shape index (κ1) is 19.3. The highest BCUT2D eigenvalue weighted by Gasteiger charge is 2.21. The molecule has 1 saturated heterocycles. The van der Waals surface area contributed by atoms with Gasteiger partial charge >= 0.3 is 0 Å². The van der Waals surface area contributed by atoms with Gasteiger partial charge in [-0.2, -0.15) is 0 Å². The second-order valence-corrected chi connectivity index (χ2v) is 6.26. The molecule has 5 heteroatoms. The summed E-state index contributed by atoms with van der Waals surface area (Å²) in [6.45, 7) is 4.38. The zero-order valence-corrected chi connectivity index (χ0v) is 15.3. The summed E-state index contributed by atoms with van der Waals surface area (Å²) in [6.07, 6.45) is 1.81. The minimum Gasteiger partial charge on any atom is -0.489 e. The highest BCUT2D eigenvalue weighted by Crippen LogP contribution is 2.23. The van der Waals surface area contributed by atoms with Crippen molar-refractivity contribution in [1.82, 2.24) is 5.32 Å². The molecule has 1 aliphatic heterocycles. The van der Waals surface area contributed by atoms with Gasteiger partial charge in [-0.05, 0) is 62.2 Å². The predicted octanol–water partition coefficient (Wildman–Crippen LogP) is 3.93. The van der Waals surface area contributed by atoms with Crippen LogP contribution < -0.4 is 15.4 Å². The molecule has 1 aliphatic rings. The molecule has 25 heavy (non-hydrogen) atoms. The van der Waals surface area contributed by atoms with E-state index in [9.17, 15) is 4.79 Å². The third-order valence-electron chi connectivity index (χ3n) is 4.41. The number of benzene rings is 2. The first-order valence-corrected chi connectivity index (χ1v) is 8.51. The number of amides is 1. The van der Waals surface area contributed by atoms with Gasteiger partial charge in [0.05, 0.1) is 0 Å². The standard InChI is InChI=1S/C20H24N2O2.ClH/c1-15-13-18(24-14-16-5-3-2-4-6-16)7-8-19(15)22-20(23)17-9-11-21-12-10-17;/h2-8,13,17,21H,9-12,14H2,1H3,(H,22,23);1H. The SMILES string of the molecule is Cc1cc(OCc2ccccc2)ccc1NC(=O)C1CCNCC1.Cl. The zero-order chi connectivity index (χ0) is 16.8. The van der Waals surface area contributed by atoms with Crippen LogP contribution in [0.3, 0.4) is 0 Å². The summed E-state index contributed by atoms with van der Waals surface area (Å²) in [6, 6.07) is 15.9. The fourth-order valence-corrected chi connectivity index (χ4v) is 2.93. The van der Waals surface area contributed by atoms with Crippen molar-refractivity contribution in [2.75, 3.05) is 18.4 Å². The molecule has 0 atom stereocenters. The number of hydrogen-bond donors (Lipinski definition) is 2. The monoisotopic (exact) mass is 360 g/mol. The van der Waals surface area contributed by atoms with Gasteiger partial charge in [-0.25, -0.2) is 0 Å². The molecule has 0 saturated carbocycles. The molecule has 0 unspecified atom stereocenters. The Kier molecular flexibility index (Phi) is 7.29. The second-order valence-electron chi connectivity index (χ2n) is 6.26. The Morgan fingerprint density at radius 1 is 1.16 bits per heavy atom. The smallest absolute Gasteiger partial charge is 0.227 e. The molecular formula is C20H25ClN2O2. The van der Waals surface area contributed by atoms with Crippen LogP contribution in [0.25, 0.3) is 0 Å². The number of ether oxygens (including phenoxy) is 1. The van der Waals surface area contributed by atoms with Crippen LogP contribution in [0, 0.1) is 12.8 Å². The van der Waals surface area contributed by atoms with Crippen molar-refractivity contribution in [3.8, 4) is 5.75 Å². The number of anilines is 1. The third kappa shape index (κ3) is 5.48. The molecular weight excluding hydrogens is 336 g/mol. The average Bonchev–Trinajstić information content (AvgIpc) is 2.63. The van der Waals surface area contributed by atoms with Crippen molar-refractivity contribution in [3.63, 3.8) is 0 Å². The normalized spacial score (nSPS) is 14.4. The van der Waals surface area contributed by atoms with Crippen molar-refractivity contribution in [2.24, 2.45) is 5.92 Å². The molecule has 2 aromatic rings. The summed E-state index contributed by atoms with van der Waals surface area (Å²) in [5.41, 5.74) is 3.02. The van der Waals surface area contributed by atoms with E-state index in [-0.39, 0.29) is 24.2 Å². The van der Waals surface area contributed by atoms with Crippen molar-refractivity contribution >= 4 is 24.0 Å². The van der Waals surface area contributed by atoms with Crippen molar-refractivity contribution < 1.29 is 9.53 Å². The second kappa shape index (κ2) is 9.44. The Balaban J connectivity index is 0.00000225. The van der Waals surface area contributed by atoms with E-state index in [0.29, 0.717) is 6.61 Å². The molecule has 1 amide bonds. The van der Waals surface area contributed by atoms with Gasteiger partial charge in [0.15, 0.2) is 0 Å². The molecule has 4 nitrogen and oxygen atoms in total. The van der Waals surface area contributed by atoms with Crippen molar-refractivity contribution in [2.45, 2.75) is 26.4 Å². The average molecular weight is 361 g/mol. The number of aryl methyl sites for hydroxylation is 1. The molecule has 0 aromatic heterocycles. The van der Waals surface area contributed by atoms with E-state index in [4.69, 9.17) is 4.74 Å². The lowest BCUT2D eigenvalue weighted by molar-refractivity contribution is -0.120. The summed E-state index contributed by atoms with van der Waals surface area (Å²) in [7, 11) is 0. The maximum absolute atomic E-state index is 12.3. The lowest BCUT2D eigenvalue weighted by Gasteiger charge is -2.22. The van der Waals surface area contributed by atoms with Crippen LogP contribution in [-0.4, -0.2) is 19.0 Å². The maximum Gasteiger partial charge on any atom is 0.227 e. The van der Waals surface area contributed by atoms with Gasteiger partial charge in [0, 0.05) is 11.6 Å². The minimum absolute atomic E-state index is 0. The van der Waals surface area contributed by atoms with Gasteiger partial charge < -0.3 is 15.4 Å². The number of piperidine rings is 1. The first-order chi connectivity index (χ1) is 11.7. The summed E-state index contributed by atoms with van der Waals surface area (Å²) < 4.78 is 5.83. The topological polar surface area (TPSA) is 50.4 Å². The van der Waals surface area contributed by atoms with Gasteiger partial charge in [-0.3, -0.25) is 4.79 Å². The van der Waals surface area contributed by atoms with Crippen LogP contribution >= 0.6 is 12.4 Å². The van der Waals surface area contributed by atoms with E-state index < -0.39 is 0 Å². The lowest BCUT2D eigenvalue weighted by atomic mass is 9.97. The molecule has 0 aliphatic carbocycles. The summed E-state index contributed by atoms with van der Waals surface area (Å²) in [5, 5.41) is 6.34. The first-order valence-electron chi connectivity index (χ1n) is 8.51. The van der Waals surface area contributed by atoms with Crippen LogP contribution in [0.1, 0.15) is 24.0 Å². The summed E-state index contributed by atoms with van der Waals surface area (Å²) in [5.74, 6) is 1.05. The summed E-state index contributed by atoms with van der Waals surface area (Å²) in [4.78, 5) is 12.3. The molecule has 134 valence electrons. The Morgan fingerprint density at radius 2 is 1.88 bits per heavy atom. The predicted molar refractivity (Wildman–Crippen MR) is 103 cm³/mol. The number of halogens is 1. The van der Waals surface area contributed by atoms with Crippen LogP contribution in [0.2, 0.25) is 0 Å². The minimum atomic E-state index is 0. The fraction of sp³-hybridized carbons (Fsp3) is 0.350. The number of rotatable bonds is 5. The quantitative estimate of drug-likeness (QED) is 0.849. The van der Waals surface area contributed by atoms with Crippen LogP contribution in [0.4, 0.5) is 5.69 Å². The van der Waals surface area contributed by atoms with Gasteiger partial charge in [0.1, 0.15) is 12.4 Å². The summed E-state index contributed by atoms with van der Waals surface area (Å²) >= 11 is 0. The largest absolute Gasteiger partial charge is 0.489 e. The van der Waals surface area contributed by atoms with Crippen LogP contribution in [0.5, 0.6) is 5.75 Å². The maximum atomic E-state index is 12.3. The molecule has 0 spiro atoms. The van der Waals surface area contributed by atoms with Crippen molar-refractivity contribution in [3.05, 3.63) is 59.7 Å². The fourth-order valence-electron chi connectivity index (χ4n) is 2.93. The molecule has 2 N–H and O–H groups in total. The van der Waals surface area contributed by atoms with Crippen LogP contribution in [0.15, 0.2) is 48.5 Å². The van der Waals surface area contributed by atoms with E-state index in [1.165, 1.54) is 0 Å². The zero-order valence-electron chi connectivity index (χ0n) is 14.5. The molecule has 0 bridgehead atoms. The van der Waals surface area contributed by atoms with Gasteiger partial charge in [-0.1, -0.05) is 30.3 Å². The Morgan fingerprint density at radius 3 is 2.56 bits per heavy atom. The van der Waals surface area contributed by atoms with Gasteiger partial charge in [0.2, 0.25) is 5.91 Å². The van der Waals surface area contributed by atoms with E-state index in [0.717, 1.165) is 48.5 Å². The van der Waals surface area contributed by atoms with E-state index in [2.05, 4.69) is 10.6 Å². The van der Waals surface area contributed by atoms with E-state index in [1.807, 2.05) is 55.5 Å². The lowest BCUT2D eigenvalue weighted by Crippen LogP contribution is -2.34. The molecule has 2 aromatic carbocycles. The Hall–Kier alpha value is -2.04. The Bertz CT molecular complexity index is 685. The van der Waals surface area contributed by atoms with Gasteiger partial charge in [0.25, 0.3) is 0 Å². The highest BCUT2D eigenvalue weighted by atomic mass is 35.5. The Labute approximate surface area is 155 Å². The number of carbonyl (C=O) groups is 1. The van der Waals surface area contributed by atoms with E-state index in [1.54, 1.807) is 0 Å². The molecule has 0 radical (unpaired) electrons. The van der Waals surface area contributed by atoms with Crippen LogP contribution in [-0.2, 0) is 11.4 Å². The third-order valence-corrected chi connectivity index (χ3v) is 4.41. The highest BCUT2D eigenvalue weighted by molar-refractivity contribution is 5.93. The van der Waals surface area contributed by atoms with Gasteiger partial charge in [-0.15, -0.1) is 12.4 Å². The number of hydrogen-bond acceptors (Lipinski definition) is 3. The molecule has 1 heterocycles.